The number of hydrogen-bond donors (Lipinski definition) is 1. The molecule has 8 heteroatoms. The molecule has 0 unspecified atom stereocenters. The average molecular weight is 496 g/mol. The summed E-state index contributed by atoms with van der Waals surface area (Å²) in [5, 5.41) is 4.68. The van der Waals surface area contributed by atoms with Gasteiger partial charge in [-0.15, -0.1) is 0 Å². The Morgan fingerprint density at radius 3 is 2.71 bits per heavy atom. The van der Waals surface area contributed by atoms with Crippen molar-refractivity contribution in [2.45, 2.75) is 50.2 Å². The number of carbonyl (C=O) groups excluding carboxylic acids is 1. The summed E-state index contributed by atoms with van der Waals surface area (Å²) >= 11 is 7.51. The van der Waals surface area contributed by atoms with E-state index in [0.29, 0.717) is 51.2 Å². The second-order valence-electron chi connectivity index (χ2n) is 7.97. The fourth-order valence-electron chi connectivity index (χ4n) is 3.58. The quantitative estimate of drug-likeness (QED) is 0.164. The number of unbranched alkanes of at least 4 members (excludes halogenated alkanes) is 2. The van der Waals surface area contributed by atoms with Gasteiger partial charge in [0.2, 0.25) is 0 Å². The second-order valence-corrected chi connectivity index (χ2v) is 9.35. The van der Waals surface area contributed by atoms with E-state index >= 15 is 0 Å². The Morgan fingerprint density at radius 1 is 1.15 bits per heavy atom. The summed E-state index contributed by atoms with van der Waals surface area (Å²) < 4.78 is 7.02. The van der Waals surface area contributed by atoms with Crippen LogP contribution >= 0.6 is 23.4 Å². The summed E-state index contributed by atoms with van der Waals surface area (Å²) in [4.78, 5) is 30.8. The normalized spacial score (nSPS) is 11.1. The molecule has 0 atom stereocenters. The smallest absolute Gasteiger partial charge is 0.262 e. The minimum atomic E-state index is -0.248. The number of amides is 1. The Bertz CT molecular complexity index is 1320. The third-order valence-electron chi connectivity index (χ3n) is 5.45. The predicted octanol–water partition coefficient (Wildman–Crippen LogP) is 6.06. The van der Waals surface area contributed by atoms with Crippen LogP contribution in [0.1, 0.15) is 47.9 Å². The maximum absolute atomic E-state index is 13.3. The molecular formula is C26H26ClN3O3S. The van der Waals surface area contributed by atoms with E-state index in [4.69, 9.17) is 21.0 Å². The molecule has 2 aromatic carbocycles. The number of rotatable bonds is 10. The lowest BCUT2D eigenvalue weighted by molar-refractivity contribution is 0.0948. The molecule has 1 N–H and O–H groups in total. The van der Waals surface area contributed by atoms with Gasteiger partial charge >= 0.3 is 0 Å². The van der Waals surface area contributed by atoms with Crippen LogP contribution < -0.4 is 10.9 Å². The molecule has 6 nitrogen and oxygen atoms in total. The van der Waals surface area contributed by atoms with Crippen LogP contribution in [0.2, 0.25) is 5.02 Å². The summed E-state index contributed by atoms with van der Waals surface area (Å²) in [5.74, 6) is 1.08. The number of thioether (sulfide) groups is 1. The highest BCUT2D eigenvalue weighted by atomic mass is 35.5. The Labute approximate surface area is 207 Å². The minimum absolute atomic E-state index is 0.0812. The van der Waals surface area contributed by atoms with Crippen LogP contribution in [0.25, 0.3) is 10.9 Å². The van der Waals surface area contributed by atoms with Gasteiger partial charge < -0.3 is 9.73 Å². The van der Waals surface area contributed by atoms with Crippen LogP contribution in [0, 0.1) is 0 Å². The van der Waals surface area contributed by atoms with Crippen LogP contribution in [0.4, 0.5) is 0 Å². The summed E-state index contributed by atoms with van der Waals surface area (Å²) in [6.07, 6.45) is 4.58. The van der Waals surface area contributed by atoms with Gasteiger partial charge in [0.05, 0.1) is 23.7 Å². The van der Waals surface area contributed by atoms with Gasteiger partial charge in [0.1, 0.15) is 5.76 Å². The SMILES string of the molecule is CCCCCn1c(SCc2ccc(Cl)cc2)nc2cc(C(=O)NCc3ccco3)ccc2c1=O. The Kier molecular flexibility index (Phi) is 8.08. The van der Waals surface area contributed by atoms with Gasteiger partial charge in [0, 0.05) is 22.9 Å². The van der Waals surface area contributed by atoms with Crippen LogP contribution in [0.5, 0.6) is 0 Å². The van der Waals surface area contributed by atoms with Crippen molar-refractivity contribution < 1.29 is 9.21 Å². The fourth-order valence-corrected chi connectivity index (χ4v) is 4.69. The maximum atomic E-state index is 13.3. The molecule has 34 heavy (non-hydrogen) atoms. The van der Waals surface area contributed by atoms with E-state index in [1.807, 2.05) is 24.3 Å². The summed E-state index contributed by atoms with van der Waals surface area (Å²) in [7, 11) is 0. The van der Waals surface area contributed by atoms with Crippen LogP contribution in [-0.4, -0.2) is 15.5 Å². The number of nitrogens with zero attached hydrogens (tertiary/aromatic N) is 2. The lowest BCUT2D eigenvalue weighted by Gasteiger charge is -2.14. The lowest BCUT2D eigenvalue weighted by atomic mass is 10.1. The minimum Gasteiger partial charge on any atom is -0.467 e. The number of aromatic nitrogens is 2. The molecular weight excluding hydrogens is 470 g/mol. The maximum Gasteiger partial charge on any atom is 0.262 e. The Hall–Kier alpha value is -3.03. The third-order valence-corrected chi connectivity index (χ3v) is 6.75. The molecule has 1 amide bonds. The highest BCUT2D eigenvalue weighted by Gasteiger charge is 2.15. The molecule has 0 radical (unpaired) electrons. The molecule has 0 aliphatic heterocycles. The lowest BCUT2D eigenvalue weighted by Crippen LogP contribution is -2.25. The highest BCUT2D eigenvalue weighted by Crippen LogP contribution is 2.24. The Morgan fingerprint density at radius 2 is 1.97 bits per heavy atom. The molecule has 4 rings (SSSR count). The van der Waals surface area contributed by atoms with Crippen molar-refractivity contribution in [1.82, 2.24) is 14.9 Å². The highest BCUT2D eigenvalue weighted by molar-refractivity contribution is 7.98. The molecule has 0 aliphatic carbocycles. The van der Waals surface area contributed by atoms with Crippen molar-refractivity contribution in [1.29, 1.82) is 0 Å². The first-order chi connectivity index (χ1) is 16.5. The van der Waals surface area contributed by atoms with Crippen molar-refractivity contribution in [3.63, 3.8) is 0 Å². The number of carbonyl (C=O) groups is 1. The zero-order valence-electron chi connectivity index (χ0n) is 18.9. The van der Waals surface area contributed by atoms with E-state index < -0.39 is 0 Å². The number of benzene rings is 2. The molecule has 0 saturated carbocycles. The first kappa shape index (κ1) is 24.1. The van der Waals surface area contributed by atoms with Crippen molar-refractivity contribution in [3.05, 3.63) is 93.1 Å². The van der Waals surface area contributed by atoms with Crippen LogP contribution in [0.3, 0.4) is 0 Å². The largest absolute Gasteiger partial charge is 0.467 e. The van der Waals surface area contributed by atoms with Gasteiger partial charge in [-0.1, -0.05) is 55.3 Å². The number of hydrogen-bond acceptors (Lipinski definition) is 5. The average Bonchev–Trinajstić information content (AvgIpc) is 3.37. The Balaban J connectivity index is 1.62. The summed E-state index contributed by atoms with van der Waals surface area (Å²) in [6, 6.07) is 16.3. The van der Waals surface area contributed by atoms with Crippen molar-refractivity contribution in [2.24, 2.45) is 0 Å². The van der Waals surface area contributed by atoms with Gasteiger partial charge in [-0.25, -0.2) is 4.98 Å². The van der Waals surface area contributed by atoms with Crippen LogP contribution in [0.15, 0.2) is 75.2 Å². The predicted molar refractivity (Wildman–Crippen MR) is 136 cm³/mol. The van der Waals surface area contributed by atoms with Gasteiger partial charge in [-0.05, 0) is 54.4 Å². The van der Waals surface area contributed by atoms with E-state index in [-0.39, 0.29) is 11.5 Å². The molecule has 0 fully saturated rings. The van der Waals surface area contributed by atoms with E-state index in [1.165, 1.54) is 11.8 Å². The van der Waals surface area contributed by atoms with Crippen molar-refractivity contribution in [2.75, 3.05) is 0 Å². The van der Waals surface area contributed by atoms with E-state index in [0.717, 1.165) is 24.8 Å². The van der Waals surface area contributed by atoms with E-state index in [2.05, 4.69) is 12.2 Å². The standard InChI is InChI=1S/C26H26ClN3O3S/c1-2-3-4-13-30-25(32)22-12-9-19(24(31)28-16-21-6-5-14-33-21)15-23(22)29-26(30)34-17-18-7-10-20(27)11-8-18/h5-12,14-15H,2-4,13,16-17H2,1H3,(H,28,31). The molecule has 176 valence electrons. The second kappa shape index (κ2) is 11.4. The van der Waals surface area contributed by atoms with E-state index in [9.17, 15) is 9.59 Å². The molecule has 0 spiro atoms. The third kappa shape index (κ3) is 5.90. The number of furan rings is 1. The summed E-state index contributed by atoms with van der Waals surface area (Å²) in [6.45, 7) is 3.04. The molecule has 2 heterocycles. The first-order valence-corrected chi connectivity index (χ1v) is 12.6. The zero-order chi connectivity index (χ0) is 23.9. The molecule has 0 saturated heterocycles. The number of halogens is 1. The topological polar surface area (TPSA) is 77.1 Å². The zero-order valence-corrected chi connectivity index (χ0v) is 20.5. The molecule has 0 bridgehead atoms. The molecule has 0 aliphatic rings. The summed E-state index contributed by atoms with van der Waals surface area (Å²) in [5.41, 5.74) is 1.97. The molecule has 2 aromatic heterocycles. The molecule has 4 aromatic rings. The number of fused-ring (bicyclic) bond motifs is 1. The fraction of sp³-hybridized carbons (Fsp3) is 0.269. The monoisotopic (exact) mass is 495 g/mol. The van der Waals surface area contributed by atoms with Gasteiger partial charge in [-0.3, -0.25) is 14.2 Å². The number of nitrogens with one attached hydrogen (secondary N) is 1. The van der Waals surface area contributed by atoms with Gasteiger partial charge in [-0.2, -0.15) is 0 Å². The van der Waals surface area contributed by atoms with Gasteiger partial charge in [0.25, 0.3) is 11.5 Å². The van der Waals surface area contributed by atoms with Crippen LogP contribution in [-0.2, 0) is 18.8 Å². The van der Waals surface area contributed by atoms with Crippen molar-refractivity contribution in [3.8, 4) is 0 Å². The van der Waals surface area contributed by atoms with Gasteiger partial charge in [0.15, 0.2) is 5.16 Å². The van der Waals surface area contributed by atoms with E-state index in [1.54, 1.807) is 41.2 Å². The first-order valence-electron chi connectivity index (χ1n) is 11.3. The van der Waals surface area contributed by atoms with Crippen molar-refractivity contribution >= 4 is 40.2 Å².